The fraction of sp³-hybridized carbons (Fsp3) is 0.727. The number of ether oxygens (including phenoxy) is 2. The van der Waals surface area contributed by atoms with Crippen molar-refractivity contribution in [2.45, 2.75) is 63.5 Å². The van der Waals surface area contributed by atoms with E-state index in [0.717, 1.165) is 0 Å². The average Bonchev–Trinajstić information content (AvgIpc) is 3.34. The Hall–Kier alpha value is -1.53. The van der Waals surface area contributed by atoms with Gasteiger partial charge < -0.3 is 14.6 Å². The van der Waals surface area contributed by atoms with Crippen LogP contribution in [-0.4, -0.2) is 47.4 Å². The van der Waals surface area contributed by atoms with Crippen molar-refractivity contribution in [3.8, 4) is 0 Å². The molecular weight excluding hydrogens is 363 g/mol. The molecule has 1 saturated heterocycles. The summed E-state index contributed by atoms with van der Waals surface area (Å²) in [5.41, 5.74) is -3.07. The van der Waals surface area contributed by atoms with Gasteiger partial charge in [0.15, 0.2) is 11.4 Å². The quantitative estimate of drug-likeness (QED) is 0.550. The van der Waals surface area contributed by atoms with Crippen molar-refractivity contribution in [1.29, 1.82) is 0 Å². The summed E-state index contributed by atoms with van der Waals surface area (Å²) in [5.74, 6) is -1.27. The number of rotatable bonds is 1. The van der Waals surface area contributed by atoms with Gasteiger partial charge in [-0.3, -0.25) is 4.79 Å². The van der Waals surface area contributed by atoms with Gasteiger partial charge in [0.05, 0.1) is 13.2 Å². The van der Waals surface area contributed by atoms with Crippen LogP contribution in [0.15, 0.2) is 23.8 Å². The number of fused-ring (bicyclic) bond motifs is 3. The van der Waals surface area contributed by atoms with Gasteiger partial charge in [-0.05, 0) is 61.7 Å². The number of hydrogen-bond donors (Lipinski definition) is 1. The highest BCUT2D eigenvalue weighted by molar-refractivity contribution is 6.01. The lowest BCUT2D eigenvalue weighted by molar-refractivity contribution is -0.187. The largest absolute Gasteiger partial charge is 0.467 e. The molecule has 1 spiro atoms. The van der Waals surface area contributed by atoms with Crippen LogP contribution >= 0.6 is 0 Å². The minimum Gasteiger partial charge on any atom is -0.467 e. The molecule has 1 aliphatic heterocycles. The first-order valence-electron chi connectivity index (χ1n) is 10.1. The van der Waals surface area contributed by atoms with Crippen molar-refractivity contribution in [1.82, 2.24) is 0 Å². The highest BCUT2D eigenvalue weighted by Gasteiger charge is 2.83. The smallest absolute Gasteiger partial charge is 0.338 e. The van der Waals surface area contributed by atoms with Crippen LogP contribution < -0.4 is 0 Å². The molecule has 0 radical (unpaired) electrons. The Morgan fingerprint density at radius 3 is 2.71 bits per heavy atom. The molecule has 0 aromatic heterocycles. The summed E-state index contributed by atoms with van der Waals surface area (Å²) in [4.78, 5) is 24.5. The van der Waals surface area contributed by atoms with Crippen molar-refractivity contribution in [2.24, 2.45) is 28.6 Å². The standard InChI is InChI=1S/C22H27FO5/c1-11-7-13-14-9-16(23)15-8-12(24)5-6-19(15,2)22(14)17(28-22)10-20(13,3)21(11,26)18(25)27-4/h5-6,8,11,13-14,16-17,26H,7,9-10H2,1-4H3/t11-,13+,14+,16+,17+,19+,20+,21+,22-/m1/s1. The lowest BCUT2D eigenvalue weighted by atomic mass is 9.46. The van der Waals surface area contributed by atoms with Gasteiger partial charge in [-0.15, -0.1) is 0 Å². The number of carbonyl (C=O) groups excluding carboxylic acids is 2. The third kappa shape index (κ3) is 1.72. The van der Waals surface area contributed by atoms with E-state index in [2.05, 4.69) is 0 Å². The number of allylic oxidation sites excluding steroid dienone is 2. The summed E-state index contributed by atoms with van der Waals surface area (Å²) in [6.45, 7) is 5.78. The summed E-state index contributed by atoms with van der Waals surface area (Å²) in [7, 11) is 1.30. The third-order valence-electron chi connectivity index (χ3n) is 9.00. The lowest BCUT2D eigenvalue weighted by Crippen LogP contribution is -2.63. The van der Waals surface area contributed by atoms with Crippen LogP contribution in [0.3, 0.4) is 0 Å². The Bertz CT molecular complexity index is 850. The summed E-state index contributed by atoms with van der Waals surface area (Å²) in [6.07, 6.45) is 4.75. The first-order valence-corrected chi connectivity index (χ1v) is 10.1. The number of ketones is 1. The molecule has 0 aromatic rings. The highest BCUT2D eigenvalue weighted by Crippen LogP contribution is 2.76. The minimum atomic E-state index is -1.61. The van der Waals surface area contributed by atoms with Gasteiger partial charge in [-0.1, -0.05) is 19.9 Å². The van der Waals surface area contributed by atoms with E-state index in [1.165, 1.54) is 19.3 Å². The predicted octanol–water partition coefficient (Wildman–Crippen LogP) is 2.52. The number of carbonyl (C=O) groups is 2. The second-order valence-electron chi connectivity index (χ2n) is 9.87. The van der Waals surface area contributed by atoms with Gasteiger partial charge in [0.2, 0.25) is 0 Å². The highest BCUT2D eigenvalue weighted by atomic mass is 19.1. The molecule has 0 bridgehead atoms. The molecular formula is C22H27FO5. The van der Waals surface area contributed by atoms with Gasteiger partial charge in [0.25, 0.3) is 0 Å². The Morgan fingerprint density at radius 2 is 2.04 bits per heavy atom. The number of halogens is 1. The van der Waals surface area contributed by atoms with E-state index in [1.807, 2.05) is 26.8 Å². The molecule has 28 heavy (non-hydrogen) atoms. The van der Waals surface area contributed by atoms with Gasteiger partial charge in [-0.2, -0.15) is 0 Å². The normalized spacial score (nSPS) is 56.1. The first kappa shape index (κ1) is 18.5. The summed E-state index contributed by atoms with van der Waals surface area (Å²) < 4.78 is 26.6. The molecule has 1 heterocycles. The molecule has 0 unspecified atom stereocenters. The molecule has 0 aromatic carbocycles. The van der Waals surface area contributed by atoms with E-state index >= 15 is 4.39 Å². The van der Waals surface area contributed by atoms with E-state index < -0.39 is 34.2 Å². The monoisotopic (exact) mass is 390 g/mol. The van der Waals surface area contributed by atoms with Crippen LogP contribution in [0.1, 0.15) is 40.0 Å². The minimum absolute atomic E-state index is 0.0620. The molecule has 3 saturated carbocycles. The van der Waals surface area contributed by atoms with Crippen molar-refractivity contribution in [2.75, 3.05) is 7.11 Å². The second kappa shape index (κ2) is 5.14. The molecule has 4 aliphatic carbocycles. The van der Waals surface area contributed by atoms with Crippen LogP contribution in [0.2, 0.25) is 0 Å². The van der Waals surface area contributed by atoms with Gasteiger partial charge in [-0.25, -0.2) is 9.18 Å². The van der Waals surface area contributed by atoms with Crippen LogP contribution in [0.5, 0.6) is 0 Å². The van der Waals surface area contributed by atoms with Crippen molar-refractivity contribution in [3.63, 3.8) is 0 Å². The molecule has 152 valence electrons. The zero-order valence-corrected chi connectivity index (χ0v) is 16.7. The molecule has 1 N–H and O–H groups in total. The van der Waals surface area contributed by atoms with E-state index in [1.54, 1.807) is 0 Å². The van der Waals surface area contributed by atoms with Gasteiger partial charge in [0.1, 0.15) is 11.8 Å². The molecule has 9 atom stereocenters. The summed E-state index contributed by atoms with van der Waals surface area (Å²) >= 11 is 0. The van der Waals surface area contributed by atoms with E-state index in [0.29, 0.717) is 18.4 Å². The number of methoxy groups -OCH3 is 1. The maximum atomic E-state index is 15.3. The Kier molecular flexibility index (Phi) is 3.40. The van der Waals surface area contributed by atoms with Crippen LogP contribution in [0.25, 0.3) is 0 Å². The number of alkyl halides is 1. The van der Waals surface area contributed by atoms with Crippen molar-refractivity contribution < 1.29 is 28.6 Å². The SMILES string of the molecule is COC(=O)[C@@]1(O)[C@H](C)C[C@H]2[C@@H]3C[C@H](F)C4=CC(=O)C=C[C@]4(C)[C@@]34O[C@H]4C[C@@]21C. The maximum absolute atomic E-state index is 15.3. The topological polar surface area (TPSA) is 76.1 Å². The molecule has 6 heteroatoms. The van der Waals surface area contributed by atoms with Gasteiger partial charge >= 0.3 is 5.97 Å². The summed E-state index contributed by atoms with van der Waals surface area (Å²) in [5, 5.41) is 11.5. The lowest BCUT2D eigenvalue weighted by Gasteiger charge is -2.56. The second-order valence-corrected chi connectivity index (χ2v) is 9.87. The fourth-order valence-electron chi connectivity index (χ4n) is 7.57. The third-order valence-corrected chi connectivity index (χ3v) is 9.00. The maximum Gasteiger partial charge on any atom is 0.338 e. The fourth-order valence-corrected chi connectivity index (χ4v) is 7.57. The molecule has 4 fully saturated rings. The molecule has 0 amide bonds. The Balaban J connectivity index is 1.63. The van der Waals surface area contributed by atoms with E-state index in [9.17, 15) is 14.7 Å². The number of esters is 1. The van der Waals surface area contributed by atoms with E-state index in [-0.39, 0.29) is 36.1 Å². The van der Waals surface area contributed by atoms with Crippen LogP contribution in [0.4, 0.5) is 4.39 Å². The Labute approximate surface area is 164 Å². The van der Waals surface area contributed by atoms with Crippen LogP contribution in [-0.2, 0) is 19.1 Å². The molecule has 5 rings (SSSR count). The number of hydrogen-bond acceptors (Lipinski definition) is 5. The van der Waals surface area contributed by atoms with Crippen molar-refractivity contribution in [3.05, 3.63) is 23.8 Å². The predicted molar refractivity (Wildman–Crippen MR) is 97.9 cm³/mol. The number of aliphatic hydroxyl groups is 1. The zero-order valence-electron chi connectivity index (χ0n) is 16.7. The summed E-state index contributed by atoms with van der Waals surface area (Å²) in [6, 6.07) is 0. The average molecular weight is 390 g/mol. The number of epoxide rings is 1. The van der Waals surface area contributed by atoms with Gasteiger partial charge in [0, 0.05) is 10.8 Å². The first-order chi connectivity index (χ1) is 13.1. The van der Waals surface area contributed by atoms with Crippen molar-refractivity contribution >= 4 is 11.8 Å². The van der Waals surface area contributed by atoms with Crippen LogP contribution in [0, 0.1) is 28.6 Å². The Morgan fingerprint density at radius 1 is 1.32 bits per heavy atom. The van der Waals surface area contributed by atoms with E-state index in [4.69, 9.17) is 9.47 Å². The molecule has 5 nitrogen and oxygen atoms in total. The molecule has 5 aliphatic rings. The zero-order chi connectivity index (χ0) is 20.3.